The fraction of sp³-hybridized carbons (Fsp3) is 0.136. The topological polar surface area (TPSA) is 62.3 Å². The zero-order valence-electron chi connectivity index (χ0n) is 15.4. The van der Waals surface area contributed by atoms with Gasteiger partial charge in [-0.25, -0.2) is 9.69 Å². The molecular weight excluding hydrogens is 406 g/mol. The van der Waals surface area contributed by atoms with Gasteiger partial charge in [0.05, 0.1) is 17.9 Å². The number of aryl methyl sites for hydroxylation is 1. The van der Waals surface area contributed by atoms with E-state index in [1.165, 1.54) is 16.7 Å². The zero-order chi connectivity index (χ0) is 20.1. The first-order valence-corrected chi connectivity index (χ1v) is 10.4. The fourth-order valence-electron chi connectivity index (χ4n) is 3.74. The Kier molecular flexibility index (Phi) is 4.33. The molecule has 0 spiro atoms. The van der Waals surface area contributed by atoms with E-state index in [1.54, 1.807) is 12.4 Å². The number of carbonyl (C=O) groups excluding carboxylic acids is 2. The summed E-state index contributed by atoms with van der Waals surface area (Å²) in [4.78, 5) is 32.5. The van der Waals surface area contributed by atoms with Gasteiger partial charge in [-0.3, -0.25) is 9.78 Å². The highest BCUT2D eigenvalue weighted by atomic mass is 35.5. The summed E-state index contributed by atoms with van der Waals surface area (Å²) in [6.45, 7) is 2.00. The summed E-state index contributed by atoms with van der Waals surface area (Å²) in [5.74, 6) is -0.253. The average Bonchev–Trinajstić information content (AvgIpc) is 3.14. The van der Waals surface area contributed by atoms with Crippen molar-refractivity contribution >= 4 is 56.7 Å². The maximum absolute atomic E-state index is 13.3. The Morgan fingerprint density at radius 3 is 2.83 bits per heavy atom. The van der Waals surface area contributed by atoms with Gasteiger partial charge in [-0.1, -0.05) is 47.5 Å². The first kappa shape index (κ1) is 18.2. The second-order valence-electron chi connectivity index (χ2n) is 7.08. The third-order valence-electron chi connectivity index (χ3n) is 5.14. The summed E-state index contributed by atoms with van der Waals surface area (Å²) in [5.41, 5.74) is 2.46. The lowest BCUT2D eigenvalue weighted by molar-refractivity contribution is -0.118. The Bertz CT molecular complexity index is 1200. The number of carbonyl (C=O) groups is 2. The molecule has 3 amide bonds. The monoisotopic (exact) mass is 421 g/mol. The Hall–Kier alpha value is -2.83. The minimum atomic E-state index is -0.446. The van der Waals surface area contributed by atoms with Crippen molar-refractivity contribution in [1.29, 1.82) is 0 Å². The molecule has 5 rings (SSSR count). The first-order valence-electron chi connectivity index (χ1n) is 9.15. The molecule has 0 aliphatic carbocycles. The van der Waals surface area contributed by atoms with E-state index in [0.717, 1.165) is 26.8 Å². The van der Waals surface area contributed by atoms with Gasteiger partial charge in [-0.2, -0.15) is 0 Å². The average molecular weight is 422 g/mol. The number of thioether (sulfide) groups is 1. The Balaban J connectivity index is 1.52. The first-order chi connectivity index (χ1) is 14.0. The second kappa shape index (κ2) is 6.90. The SMILES string of the molecule is Cc1ccc(Cl)c(C2=CC3NC(=O)N(c4cncc5ccccc45)C(=O)C3S2)c1. The largest absolute Gasteiger partial charge is 0.329 e. The molecule has 29 heavy (non-hydrogen) atoms. The summed E-state index contributed by atoms with van der Waals surface area (Å²) >= 11 is 7.82. The maximum atomic E-state index is 13.3. The van der Waals surface area contributed by atoms with Gasteiger partial charge >= 0.3 is 6.03 Å². The normalized spacial score (nSPS) is 21.2. The van der Waals surface area contributed by atoms with Gasteiger partial charge < -0.3 is 5.32 Å². The van der Waals surface area contributed by atoms with Crippen LogP contribution < -0.4 is 10.2 Å². The smallest absolute Gasteiger partial charge is 0.329 e. The van der Waals surface area contributed by atoms with Crippen LogP contribution >= 0.6 is 23.4 Å². The van der Waals surface area contributed by atoms with Crippen molar-refractivity contribution in [2.45, 2.75) is 18.2 Å². The lowest BCUT2D eigenvalue weighted by atomic mass is 10.1. The molecule has 7 heteroatoms. The molecule has 5 nitrogen and oxygen atoms in total. The highest BCUT2D eigenvalue weighted by Crippen LogP contribution is 2.44. The lowest BCUT2D eigenvalue weighted by Crippen LogP contribution is -2.60. The molecule has 1 saturated heterocycles. The predicted octanol–water partition coefficient (Wildman–Crippen LogP) is 4.78. The number of amides is 3. The third kappa shape index (κ3) is 2.99. The Morgan fingerprint density at radius 1 is 1.14 bits per heavy atom. The zero-order valence-corrected chi connectivity index (χ0v) is 17.0. The number of pyridine rings is 1. The lowest BCUT2D eigenvalue weighted by Gasteiger charge is -2.33. The van der Waals surface area contributed by atoms with E-state index >= 15 is 0 Å². The molecule has 1 N–H and O–H groups in total. The molecule has 3 aromatic rings. The van der Waals surface area contributed by atoms with E-state index in [0.29, 0.717) is 10.7 Å². The summed E-state index contributed by atoms with van der Waals surface area (Å²) in [7, 11) is 0. The minimum absolute atomic E-state index is 0.253. The van der Waals surface area contributed by atoms with Crippen LogP contribution in [0.1, 0.15) is 11.1 Å². The number of hydrogen-bond donors (Lipinski definition) is 1. The number of fused-ring (bicyclic) bond motifs is 2. The van der Waals surface area contributed by atoms with Crippen molar-refractivity contribution in [2.24, 2.45) is 0 Å². The van der Waals surface area contributed by atoms with Crippen molar-refractivity contribution < 1.29 is 9.59 Å². The van der Waals surface area contributed by atoms with Crippen LogP contribution in [-0.2, 0) is 4.79 Å². The van der Waals surface area contributed by atoms with Crippen LogP contribution in [0.2, 0.25) is 5.02 Å². The summed E-state index contributed by atoms with van der Waals surface area (Å²) in [5, 5.41) is 4.81. The van der Waals surface area contributed by atoms with Crippen molar-refractivity contribution in [3.8, 4) is 0 Å². The number of benzene rings is 2. The maximum Gasteiger partial charge on any atom is 0.329 e. The van der Waals surface area contributed by atoms with E-state index in [-0.39, 0.29) is 11.9 Å². The molecule has 1 fully saturated rings. The van der Waals surface area contributed by atoms with Gasteiger partial charge in [-0.05, 0) is 25.1 Å². The highest BCUT2D eigenvalue weighted by molar-refractivity contribution is 8.09. The number of urea groups is 1. The highest BCUT2D eigenvalue weighted by Gasteiger charge is 2.45. The number of anilines is 1. The molecule has 2 aliphatic heterocycles. The van der Waals surface area contributed by atoms with Crippen LogP contribution in [0.4, 0.5) is 10.5 Å². The van der Waals surface area contributed by atoms with E-state index in [4.69, 9.17) is 11.6 Å². The van der Waals surface area contributed by atoms with E-state index in [1.807, 2.05) is 55.5 Å². The van der Waals surface area contributed by atoms with Gasteiger partial charge in [0.2, 0.25) is 0 Å². The molecule has 2 aliphatic rings. The van der Waals surface area contributed by atoms with Crippen molar-refractivity contribution in [1.82, 2.24) is 10.3 Å². The van der Waals surface area contributed by atoms with Crippen molar-refractivity contribution in [3.05, 3.63) is 77.1 Å². The van der Waals surface area contributed by atoms with Crippen LogP contribution in [0, 0.1) is 6.92 Å². The van der Waals surface area contributed by atoms with Gasteiger partial charge in [0.1, 0.15) is 5.25 Å². The molecule has 0 radical (unpaired) electrons. The van der Waals surface area contributed by atoms with Crippen LogP contribution in [0.5, 0.6) is 0 Å². The van der Waals surface area contributed by atoms with Gasteiger partial charge in [-0.15, -0.1) is 11.8 Å². The summed E-state index contributed by atoms with van der Waals surface area (Å²) < 4.78 is 0. The Morgan fingerprint density at radius 2 is 1.97 bits per heavy atom. The number of nitrogens with zero attached hydrogens (tertiary/aromatic N) is 2. The van der Waals surface area contributed by atoms with Crippen LogP contribution in [0.3, 0.4) is 0 Å². The number of aromatic nitrogens is 1. The number of imide groups is 1. The summed E-state index contributed by atoms with van der Waals surface area (Å²) in [6, 6.07) is 12.6. The number of rotatable bonds is 2. The van der Waals surface area contributed by atoms with Gasteiger partial charge in [0.25, 0.3) is 5.91 Å². The number of halogens is 1. The van der Waals surface area contributed by atoms with Crippen LogP contribution in [0.15, 0.2) is 60.9 Å². The molecule has 144 valence electrons. The van der Waals surface area contributed by atoms with E-state index in [2.05, 4.69) is 10.3 Å². The van der Waals surface area contributed by atoms with Crippen molar-refractivity contribution in [2.75, 3.05) is 4.90 Å². The second-order valence-corrected chi connectivity index (χ2v) is 8.67. The summed E-state index contributed by atoms with van der Waals surface area (Å²) in [6.07, 6.45) is 5.20. The van der Waals surface area contributed by atoms with Gasteiger partial charge in [0.15, 0.2) is 0 Å². The number of nitrogens with one attached hydrogen (secondary N) is 1. The minimum Gasteiger partial charge on any atom is -0.329 e. The molecule has 0 bridgehead atoms. The molecule has 3 heterocycles. The van der Waals surface area contributed by atoms with E-state index in [9.17, 15) is 9.59 Å². The van der Waals surface area contributed by atoms with E-state index < -0.39 is 11.3 Å². The molecular formula is C22H16ClN3O2S. The Labute approximate surface area is 176 Å². The fourth-order valence-corrected chi connectivity index (χ4v) is 5.31. The number of hydrogen-bond acceptors (Lipinski definition) is 4. The van der Waals surface area contributed by atoms with Crippen molar-refractivity contribution in [3.63, 3.8) is 0 Å². The molecule has 2 aromatic carbocycles. The third-order valence-corrected chi connectivity index (χ3v) is 6.83. The van der Waals surface area contributed by atoms with Crippen LogP contribution in [-0.4, -0.2) is 28.2 Å². The molecule has 0 saturated carbocycles. The van der Waals surface area contributed by atoms with Crippen LogP contribution in [0.25, 0.3) is 15.7 Å². The standard InChI is InChI=1S/C22H16ClN3O2S/c1-12-6-7-16(23)15(8-12)19-9-17-20(29-19)21(27)26(22(28)25-17)18-11-24-10-13-4-2-3-5-14(13)18/h2-11,17,20H,1H3,(H,25,28). The molecule has 1 aromatic heterocycles. The molecule has 2 atom stereocenters. The molecule has 2 unspecified atom stereocenters. The quantitative estimate of drug-likeness (QED) is 0.647. The predicted molar refractivity (Wildman–Crippen MR) is 117 cm³/mol. The van der Waals surface area contributed by atoms with Gasteiger partial charge in [0, 0.05) is 32.5 Å².